The van der Waals surface area contributed by atoms with Crippen molar-refractivity contribution in [1.29, 1.82) is 0 Å². The van der Waals surface area contributed by atoms with Crippen LogP contribution in [0.15, 0.2) is 57.7 Å². The second-order valence-electron chi connectivity index (χ2n) is 7.87. The summed E-state index contributed by atoms with van der Waals surface area (Å²) in [4.78, 5) is 28.4. The molecule has 4 rings (SSSR count). The number of nitrogens with zero attached hydrogens (tertiary/aromatic N) is 1. The number of carboxylic acid groups (broad SMARTS) is 1. The maximum atomic E-state index is 14.1. The van der Waals surface area contributed by atoms with Crippen LogP contribution in [0.2, 0.25) is 5.15 Å². The second kappa shape index (κ2) is 8.67. The minimum absolute atomic E-state index is 0.0626. The van der Waals surface area contributed by atoms with Crippen LogP contribution in [0.4, 0.5) is 10.1 Å². The Balaban J connectivity index is 1.85. The second-order valence-corrected chi connectivity index (χ2v) is 8.26. The molecule has 33 heavy (non-hydrogen) atoms. The van der Waals surface area contributed by atoms with Gasteiger partial charge in [-0.3, -0.25) is 4.79 Å². The maximum Gasteiger partial charge on any atom is 0.356 e. The van der Waals surface area contributed by atoms with Crippen LogP contribution in [0, 0.1) is 19.7 Å². The van der Waals surface area contributed by atoms with Gasteiger partial charge in [-0.15, -0.1) is 0 Å². The number of carbonyl (C=O) groups is 1. The van der Waals surface area contributed by atoms with Crippen LogP contribution >= 0.6 is 11.6 Å². The summed E-state index contributed by atoms with van der Waals surface area (Å²) in [6.07, 6.45) is 0. The van der Waals surface area contributed by atoms with Crippen molar-refractivity contribution in [2.45, 2.75) is 26.8 Å². The normalized spacial score (nSPS) is 12.0. The van der Waals surface area contributed by atoms with Crippen LogP contribution in [-0.4, -0.2) is 16.1 Å². The van der Waals surface area contributed by atoms with Gasteiger partial charge in [0, 0.05) is 17.2 Å². The molecular formula is C25H20ClFN2O4. The molecule has 168 valence electrons. The largest absolute Gasteiger partial charge is 0.476 e. The molecule has 0 fully saturated rings. The Morgan fingerprint density at radius 3 is 2.61 bits per heavy atom. The number of anilines is 1. The minimum atomic E-state index is -1.23. The van der Waals surface area contributed by atoms with Crippen molar-refractivity contribution < 1.29 is 18.7 Å². The fourth-order valence-corrected chi connectivity index (χ4v) is 3.82. The number of nitrogens with one attached hydrogen (secondary N) is 1. The first-order valence-electron chi connectivity index (χ1n) is 10.2. The summed E-state index contributed by atoms with van der Waals surface area (Å²) in [6.45, 7) is 5.32. The summed E-state index contributed by atoms with van der Waals surface area (Å²) < 4.78 is 20.2. The first kappa shape index (κ1) is 22.5. The number of carboxylic acids is 1. The highest BCUT2D eigenvalue weighted by atomic mass is 35.5. The quantitative estimate of drug-likeness (QED) is 0.343. The molecule has 0 radical (unpaired) electrons. The third-order valence-corrected chi connectivity index (χ3v) is 5.57. The summed E-state index contributed by atoms with van der Waals surface area (Å²) in [7, 11) is 0. The van der Waals surface area contributed by atoms with Crippen LogP contribution in [0.5, 0.6) is 0 Å². The monoisotopic (exact) mass is 466 g/mol. The van der Waals surface area contributed by atoms with Gasteiger partial charge in [-0.1, -0.05) is 29.8 Å². The number of hydrogen-bond acceptors (Lipinski definition) is 5. The maximum absolute atomic E-state index is 14.1. The summed E-state index contributed by atoms with van der Waals surface area (Å²) in [5.74, 6) is -1.38. The van der Waals surface area contributed by atoms with Gasteiger partial charge in [0.25, 0.3) is 0 Å². The van der Waals surface area contributed by atoms with E-state index in [0.29, 0.717) is 27.7 Å². The van der Waals surface area contributed by atoms with Crippen molar-refractivity contribution in [3.63, 3.8) is 0 Å². The van der Waals surface area contributed by atoms with Crippen molar-refractivity contribution in [3.05, 3.63) is 92.1 Å². The van der Waals surface area contributed by atoms with Crippen LogP contribution in [0.25, 0.3) is 22.3 Å². The van der Waals surface area contributed by atoms with Crippen molar-refractivity contribution >= 4 is 34.2 Å². The zero-order valence-electron chi connectivity index (χ0n) is 18.1. The lowest BCUT2D eigenvalue weighted by Gasteiger charge is -2.19. The predicted molar refractivity (Wildman–Crippen MR) is 126 cm³/mol. The van der Waals surface area contributed by atoms with Crippen LogP contribution in [-0.2, 0) is 0 Å². The zero-order chi connectivity index (χ0) is 23.9. The van der Waals surface area contributed by atoms with E-state index in [2.05, 4.69) is 10.3 Å². The molecule has 0 aliphatic carbocycles. The number of aromatic nitrogens is 1. The number of pyridine rings is 1. The average molecular weight is 467 g/mol. The number of aromatic carboxylic acids is 1. The number of fused-ring (bicyclic) bond motifs is 1. The molecule has 0 amide bonds. The Kier molecular flexibility index (Phi) is 5.91. The van der Waals surface area contributed by atoms with E-state index < -0.39 is 17.8 Å². The fourth-order valence-electron chi connectivity index (χ4n) is 3.67. The Hall–Kier alpha value is -3.71. The van der Waals surface area contributed by atoms with Crippen molar-refractivity contribution in [3.8, 4) is 11.3 Å². The van der Waals surface area contributed by atoms with Crippen molar-refractivity contribution in [2.75, 3.05) is 5.32 Å². The molecule has 6 nitrogen and oxygen atoms in total. The van der Waals surface area contributed by atoms with Gasteiger partial charge >= 0.3 is 5.97 Å². The van der Waals surface area contributed by atoms with E-state index in [0.717, 1.165) is 5.56 Å². The average Bonchev–Trinajstić information content (AvgIpc) is 2.76. The third-order valence-electron chi connectivity index (χ3n) is 5.36. The number of aryl methyl sites for hydroxylation is 2. The smallest absolute Gasteiger partial charge is 0.356 e. The van der Waals surface area contributed by atoms with Gasteiger partial charge in [0.05, 0.1) is 17.1 Å². The minimum Gasteiger partial charge on any atom is -0.476 e. The Bertz CT molecular complexity index is 1470. The Labute approximate surface area is 193 Å². The molecule has 1 unspecified atom stereocenters. The van der Waals surface area contributed by atoms with E-state index in [1.165, 1.54) is 24.3 Å². The highest BCUT2D eigenvalue weighted by Crippen LogP contribution is 2.31. The van der Waals surface area contributed by atoms with Gasteiger partial charge in [-0.05, 0) is 56.2 Å². The Morgan fingerprint density at radius 2 is 1.91 bits per heavy atom. The molecule has 4 aromatic rings. The summed E-state index contributed by atoms with van der Waals surface area (Å²) >= 11 is 5.85. The summed E-state index contributed by atoms with van der Waals surface area (Å²) in [6, 6.07) is 12.1. The molecule has 2 heterocycles. The summed E-state index contributed by atoms with van der Waals surface area (Å²) in [5, 5.41) is 13.0. The van der Waals surface area contributed by atoms with E-state index in [1.807, 2.05) is 19.9 Å². The molecule has 0 saturated heterocycles. The summed E-state index contributed by atoms with van der Waals surface area (Å²) in [5.41, 5.74) is 2.53. The first-order chi connectivity index (χ1) is 15.6. The van der Waals surface area contributed by atoms with Gasteiger partial charge in [0.15, 0.2) is 11.1 Å². The molecule has 0 aliphatic rings. The molecule has 2 aromatic carbocycles. The van der Waals surface area contributed by atoms with Crippen molar-refractivity contribution in [1.82, 2.24) is 4.98 Å². The van der Waals surface area contributed by atoms with Gasteiger partial charge in [-0.25, -0.2) is 14.2 Å². The van der Waals surface area contributed by atoms with E-state index in [4.69, 9.17) is 16.0 Å². The number of rotatable bonds is 5. The molecule has 2 aromatic heterocycles. The SMILES string of the molecule is Cc1cc(C(C)Nc2ccc(Cl)nc2C(=O)O)c2oc(-c3ccc(C)c(F)c3)cc(=O)c2c1. The molecule has 0 saturated carbocycles. The Morgan fingerprint density at radius 1 is 1.15 bits per heavy atom. The zero-order valence-corrected chi connectivity index (χ0v) is 18.8. The molecule has 0 aliphatic heterocycles. The lowest BCUT2D eigenvalue weighted by Crippen LogP contribution is -2.13. The lowest BCUT2D eigenvalue weighted by atomic mass is 10.0. The van der Waals surface area contributed by atoms with Gasteiger partial charge in [0.2, 0.25) is 0 Å². The standard InChI is InChI=1S/C25H20ClFN2O4/c1-12-8-16(14(3)28-19-6-7-22(26)29-23(19)25(31)32)24-17(9-12)20(30)11-21(33-24)15-5-4-13(2)18(27)10-15/h4-11,14,28H,1-3H3,(H,31,32). The number of benzene rings is 2. The van der Waals surface area contributed by atoms with Crippen LogP contribution in [0.1, 0.15) is 40.1 Å². The third kappa shape index (κ3) is 4.45. The van der Waals surface area contributed by atoms with E-state index in [1.54, 1.807) is 25.1 Å². The van der Waals surface area contributed by atoms with E-state index in [9.17, 15) is 19.1 Å². The van der Waals surface area contributed by atoms with Gasteiger partial charge in [-0.2, -0.15) is 0 Å². The molecule has 8 heteroatoms. The predicted octanol–water partition coefficient (Wildman–Crippen LogP) is 6.14. The molecule has 0 bridgehead atoms. The first-order valence-corrected chi connectivity index (χ1v) is 10.5. The number of hydrogen-bond donors (Lipinski definition) is 2. The highest BCUT2D eigenvalue weighted by molar-refractivity contribution is 6.29. The van der Waals surface area contributed by atoms with Crippen molar-refractivity contribution in [2.24, 2.45) is 0 Å². The van der Waals surface area contributed by atoms with Gasteiger partial charge < -0.3 is 14.8 Å². The molecule has 0 spiro atoms. The lowest BCUT2D eigenvalue weighted by molar-refractivity contribution is 0.0691. The number of halogens is 2. The van der Waals surface area contributed by atoms with E-state index in [-0.39, 0.29) is 27.7 Å². The topological polar surface area (TPSA) is 92.4 Å². The molecular weight excluding hydrogens is 447 g/mol. The molecule has 2 N–H and O–H groups in total. The fraction of sp³-hybridized carbons (Fsp3) is 0.160. The van der Waals surface area contributed by atoms with E-state index >= 15 is 0 Å². The molecule has 1 atom stereocenters. The highest BCUT2D eigenvalue weighted by Gasteiger charge is 2.20. The van der Waals surface area contributed by atoms with Crippen LogP contribution in [0.3, 0.4) is 0 Å². The van der Waals surface area contributed by atoms with Crippen LogP contribution < -0.4 is 10.7 Å². The van der Waals surface area contributed by atoms with Gasteiger partial charge in [0.1, 0.15) is 22.3 Å².